The third-order valence-electron chi connectivity index (χ3n) is 6.21. The van der Waals surface area contributed by atoms with E-state index >= 15 is 0 Å². The molecule has 1 aliphatic carbocycles. The Labute approximate surface area is 179 Å². The number of hydrogen-bond donors (Lipinski definition) is 0. The first kappa shape index (κ1) is 20.9. The Morgan fingerprint density at radius 3 is 2.33 bits per heavy atom. The average molecular weight is 428 g/mol. The van der Waals surface area contributed by atoms with Crippen molar-refractivity contribution < 1.29 is 17.9 Å². The Bertz CT molecular complexity index is 950. The Morgan fingerprint density at radius 1 is 0.933 bits per heavy atom. The lowest BCUT2D eigenvalue weighted by Crippen LogP contribution is -2.41. The number of likely N-dealkylation sites (tertiary alicyclic amines) is 1. The van der Waals surface area contributed by atoms with Crippen molar-refractivity contribution in [1.29, 1.82) is 0 Å². The summed E-state index contributed by atoms with van der Waals surface area (Å²) in [5, 5.41) is -0.272. The van der Waals surface area contributed by atoms with Gasteiger partial charge < -0.3 is 9.64 Å². The molecule has 0 spiro atoms. The van der Waals surface area contributed by atoms with Crippen LogP contribution < -0.4 is 4.74 Å². The molecule has 2 aliphatic rings. The Morgan fingerprint density at radius 2 is 1.63 bits per heavy atom. The second kappa shape index (κ2) is 9.21. The molecule has 2 aromatic rings. The van der Waals surface area contributed by atoms with Crippen LogP contribution in [0.4, 0.5) is 0 Å². The first-order chi connectivity index (χ1) is 14.5. The lowest BCUT2D eigenvalue weighted by Gasteiger charge is -2.32. The molecule has 1 heterocycles. The van der Waals surface area contributed by atoms with E-state index in [0.717, 1.165) is 50.8 Å². The van der Waals surface area contributed by atoms with Crippen molar-refractivity contribution in [2.45, 2.75) is 48.7 Å². The number of hydrogen-bond acceptors (Lipinski definition) is 4. The largest absolute Gasteiger partial charge is 0.493 e. The number of para-hydroxylation sites is 1. The molecule has 1 unspecified atom stereocenters. The first-order valence-corrected chi connectivity index (χ1v) is 12.4. The number of benzene rings is 2. The fraction of sp³-hybridized carbons (Fsp3) is 0.458. The summed E-state index contributed by atoms with van der Waals surface area (Å²) in [5.74, 6) is 1.11. The van der Waals surface area contributed by atoms with E-state index in [9.17, 15) is 13.2 Å². The van der Waals surface area contributed by atoms with Crippen molar-refractivity contribution in [2.75, 3.05) is 19.7 Å². The smallest absolute Gasteiger partial charge is 0.253 e. The number of nitrogens with zero attached hydrogens (tertiary/aromatic N) is 1. The first-order valence-electron chi connectivity index (χ1n) is 10.8. The maximum absolute atomic E-state index is 13.0. The predicted octanol–water partition coefficient (Wildman–Crippen LogP) is 4.33. The average Bonchev–Trinajstić information content (AvgIpc) is 3.34. The summed E-state index contributed by atoms with van der Waals surface area (Å²) >= 11 is 0. The van der Waals surface area contributed by atoms with Crippen LogP contribution in [0.15, 0.2) is 59.5 Å². The highest BCUT2D eigenvalue weighted by Gasteiger charge is 2.31. The van der Waals surface area contributed by atoms with Gasteiger partial charge in [0.15, 0.2) is 9.84 Å². The lowest BCUT2D eigenvalue weighted by atomic mass is 9.98. The van der Waals surface area contributed by atoms with E-state index in [1.807, 2.05) is 35.2 Å². The van der Waals surface area contributed by atoms with Crippen LogP contribution in [0.3, 0.4) is 0 Å². The Hall–Kier alpha value is -2.34. The van der Waals surface area contributed by atoms with Crippen LogP contribution in [0.5, 0.6) is 5.75 Å². The summed E-state index contributed by atoms with van der Waals surface area (Å²) in [6.45, 7) is 1.98. The number of ether oxygens (including phenoxy) is 1. The standard InChI is InChI=1S/C24H29NO4S/c26-24(20-12-14-23(15-13-20)30(27,28)22-10-4-5-11-22)25-16-6-7-19(17-25)18-29-21-8-2-1-3-9-21/h1-3,8-9,12-15,19,22H,4-7,10-11,16-18H2. The molecule has 2 aromatic carbocycles. The predicted molar refractivity (Wildman–Crippen MR) is 116 cm³/mol. The van der Waals surface area contributed by atoms with Crippen LogP contribution in [0, 0.1) is 5.92 Å². The zero-order valence-electron chi connectivity index (χ0n) is 17.2. The number of rotatable bonds is 6. The van der Waals surface area contributed by atoms with Gasteiger partial charge in [-0.2, -0.15) is 0 Å². The van der Waals surface area contributed by atoms with Crippen LogP contribution in [-0.2, 0) is 9.84 Å². The molecule has 1 saturated carbocycles. The van der Waals surface area contributed by atoms with Crippen LogP contribution in [0.1, 0.15) is 48.9 Å². The lowest BCUT2D eigenvalue weighted by molar-refractivity contribution is 0.0633. The van der Waals surface area contributed by atoms with E-state index in [1.54, 1.807) is 24.3 Å². The molecule has 1 atom stereocenters. The number of amides is 1. The van der Waals surface area contributed by atoms with Gasteiger partial charge in [0, 0.05) is 24.6 Å². The molecule has 2 fully saturated rings. The molecular formula is C24H29NO4S. The molecule has 0 bridgehead atoms. The van der Waals surface area contributed by atoms with Crippen LogP contribution in [-0.4, -0.2) is 44.2 Å². The number of piperidine rings is 1. The maximum Gasteiger partial charge on any atom is 0.253 e. The van der Waals surface area contributed by atoms with E-state index in [2.05, 4.69) is 0 Å². The molecule has 160 valence electrons. The summed E-state index contributed by atoms with van der Waals surface area (Å²) in [6.07, 6.45) is 5.42. The number of carbonyl (C=O) groups is 1. The van der Waals surface area contributed by atoms with Gasteiger partial charge >= 0.3 is 0 Å². The van der Waals surface area contributed by atoms with Crippen molar-refractivity contribution in [1.82, 2.24) is 4.90 Å². The van der Waals surface area contributed by atoms with Crippen LogP contribution in [0.2, 0.25) is 0 Å². The third-order valence-corrected chi connectivity index (χ3v) is 8.48. The highest BCUT2D eigenvalue weighted by molar-refractivity contribution is 7.92. The van der Waals surface area contributed by atoms with Crippen molar-refractivity contribution in [3.8, 4) is 5.75 Å². The number of carbonyl (C=O) groups excluding carboxylic acids is 1. The minimum absolute atomic E-state index is 0.0378. The molecule has 0 radical (unpaired) electrons. The summed E-state index contributed by atoms with van der Waals surface area (Å²) in [5.41, 5.74) is 0.546. The van der Waals surface area contributed by atoms with E-state index in [1.165, 1.54) is 0 Å². The molecule has 0 N–H and O–H groups in total. The highest BCUT2D eigenvalue weighted by Crippen LogP contribution is 2.30. The third kappa shape index (κ3) is 4.69. The molecule has 0 aromatic heterocycles. The SMILES string of the molecule is O=C(c1ccc(S(=O)(=O)C2CCCC2)cc1)N1CCCC(COc2ccccc2)C1. The van der Waals surface area contributed by atoms with Crippen molar-refractivity contribution in [3.05, 3.63) is 60.2 Å². The van der Waals surface area contributed by atoms with Crippen molar-refractivity contribution in [3.63, 3.8) is 0 Å². The van der Waals surface area contributed by atoms with Gasteiger partial charge in [-0.3, -0.25) is 4.79 Å². The molecule has 4 rings (SSSR count). The Balaban J connectivity index is 1.37. The summed E-state index contributed by atoms with van der Waals surface area (Å²) in [7, 11) is -3.29. The molecule has 1 saturated heterocycles. The second-order valence-electron chi connectivity index (χ2n) is 8.36. The van der Waals surface area contributed by atoms with Gasteiger partial charge in [0.2, 0.25) is 0 Å². The molecule has 1 aliphatic heterocycles. The van der Waals surface area contributed by atoms with Gasteiger partial charge in [-0.1, -0.05) is 31.0 Å². The van der Waals surface area contributed by atoms with Gasteiger partial charge in [0.25, 0.3) is 5.91 Å². The van der Waals surface area contributed by atoms with Gasteiger partial charge in [-0.05, 0) is 62.1 Å². The molecular weight excluding hydrogens is 398 g/mol. The quantitative estimate of drug-likeness (QED) is 0.688. The fourth-order valence-corrected chi connectivity index (χ4v) is 6.33. The summed E-state index contributed by atoms with van der Waals surface area (Å²) < 4.78 is 31.4. The van der Waals surface area contributed by atoms with Gasteiger partial charge in [-0.25, -0.2) is 8.42 Å². The minimum Gasteiger partial charge on any atom is -0.493 e. The minimum atomic E-state index is -3.29. The zero-order chi connectivity index (χ0) is 21.0. The molecule has 6 heteroatoms. The van der Waals surface area contributed by atoms with Crippen LogP contribution >= 0.6 is 0 Å². The van der Waals surface area contributed by atoms with Gasteiger partial charge in [0.05, 0.1) is 16.8 Å². The second-order valence-corrected chi connectivity index (χ2v) is 10.6. The van der Waals surface area contributed by atoms with E-state index in [0.29, 0.717) is 29.5 Å². The molecule has 30 heavy (non-hydrogen) atoms. The fourth-order valence-electron chi connectivity index (χ4n) is 4.48. The topological polar surface area (TPSA) is 63.7 Å². The van der Waals surface area contributed by atoms with Crippen LogP contribution in [0.25, 0.3) is 0 Å². The van der Waals surface area contributed by atoms with Crippen molar-refractivity contribution in [2.24, 2.45) is 5.92 Å². The maximum atomic E-state index is 13.0. The normalized spacial score (nSPS) is 20.3. The van der Waals surface area contributed by atoms with E-state index in [4.69, 9.17) is 4.74 Å². The Kier molecular flexibility index (Phi) is 6.42. The van der Waals surface area contributed by atoms with Crippen molar-refractivity contribution >= 4 is 15.7 Å². The monoisotopic (exact) mass is 427 g/mol. The van der Waals surface area contributed by atoms with E-state index in [-0.39, 0.29) is 11.2 Å². The number of sulfone groups is 1. The summed E-state index contributed by atoms with van der Waals surface area (Å²) in [4.78, 5) is 15.2. The molecule has 5 nitrogen and oxygen atoms in total. The van der Waals surface area contributed by atoms with E-state index < -0.39 is 9.84 Å². The summed E-state index contributed by atoms with van der Waals surface area (Å²) in [6, 6.07) is 16.2. The highest BCUT2D eigenvalue weighted by atomic mass is 32.2. The van der Waals surface area contributed by atoms with Gasteiger partial charge in [-0.15, -0.1) is 0 Å². The van der Waals surface area contributed by atoms with Gasteiger partial charge in [0.1, 0.15) is 5.75 Å². The zero-order valence-corrected chi connectivity index (χ0v) is 18.0. The molecule has 1 amide bonds.